The summed E-state index contributed by atoms with van der Waals surface area (Å²) >= 11 is 1.15. The number of hydrogen-bond acceptors (Lipinski definition) is 4. The number of halogens is 1. The normalized spacial score (nSPS) is 11.7. The van der Waals surface area contributed by atoms with Gasteiger partial charge in [-0.2, -0.15) is 0 Å². The van der Waals surface area contributed by atoms with Gasteiger partial charge in [-0.25, -0.2) is 9.37 Å². The van der Waals surface area contributed by atoms with E-state index in [4.69, 9.17) is 5.11 Å². The number of thiazole rings is 1. The van der Waals surface area contributed by atoms with Crippen LogP contribution in [-0.2, 0) is 4.79 Å². The molecule has 0 aliphatic heterocycles. The zero-order valence-corrected chi connectivity index (χ0v) is 14.4. The van der Waals surface area contributed by atoms with Gasteiger partial charge < -0.3 is 10.4 Å². The number of aromatic nitrogens is 1. The van der Waals surface area contributed by atoms with Crippen molar-refractivity contribution in [3.63, 3.8) is 0 Å². The average molecular weight is 370 g/mol. The highest BCUT2D eigenvalue weighted by molar-refractivity contribution is 7.13. The minimum absolute atomic E-state index is 0.125. The monoisotopic (exact) mass is 370 g/mol. The van der Waals surface area contributed by atoms with Gasteiger partial charge >= 0.3 is 5.97 Å². The summed E-state index contributed by atoms with van der Waals surface area (Å²) in [5.41, 5.74) is 1.13. The Balaban J connectivity index is 1.80. The highest BCUT2D eigenvalue weighted by Crippen LogP contribution is 2.26. The molecule has 2 aromatic carbocycles. The van der Waals surface area contributed by atoms with Crippen molar-refractivity contribution in [3.05, 3.63) is 77.1 Å². The fourth-order valence-electron chi connectivity index (χ4n) is 2.48. The molecule has 3 rings (SSSR count). The summed E-state index contributed by atoms with van der Waals surface area (Å²) in [5, 5.41) is 13.7. The lowest BCUT2D eigenvalue weighted by molar-refractivity contribution is -0.137. The standard InChI is InChI=1S/C19H15FN2O3S/c20-14-9-5-4-8-13(14)19-22-16(11-26-19)18(25)21-15(10-17(23)24)12-6-2-1-3-7-12/h1-9,11,15H,10H2,(H,21,25)(H,23,24). The van der Waals surface area contributed by atoms with E-state index in [-0.39, 0.29) is 12.1 Å². The summed E-state index contributed by atoms with van der Waals surface area (Å²) < 4.78 is 13.9. The first-order chi connectivity index (χ1) is 12.5. The molecule has 1 atom stereocenters. The number of nitrogens with zero attached hydrogens (tertiary/aromatic N) is 1. The van der Waals surface area contributed by atoms with Crippen LogP contribution in [-0.4, -0.2) is 22.0 Å². The maximum absolute atomic E-state index is 13.9. The van der Waals surface area contributed by atoms with E-state index in [2.05, 4.69) is 10.3 Å². The van der Waals surface area contributed by atoms with Crippen molar-refractivity contribution < 1.29 is 19.1 Å². The largest absolute Gasteiger partial charge is 0.481 e. The number of carbonyl (C=O) groups excluding carboxylic acids is 1. The van der Waals surface area contributed by atoms with Crippen molar-refractivity contribution in [3.8, 4) is 10.6 Å². The van der Waals surface area contributed by atoms with Crippen LogP contribution in [0.1, 0.15) is 28.5 Å². The molecule has 0 radical (unpaired) electrons. The molecular formula is C19H15FN2O3S. The van der Waals surface area contributed by atoms with Crippen molar-refractivity contribution in [2.75, 3.05) is 0 Å². The van der Waals surface area contributed by atoms with Crippen LogP contribution in [0.2, 0.25) is 0 Å². The molecule has 1 aromatic heterocycles. The zero-order valence-electron chi connectivity index (χ0n) is 13.6. The average Bonchev–Trinajstić information content (AvgIpc) is 3.12. The lowest BCUT2D eigenvalue weighted by Crippen LogP contribution is -2.30. The van der Waals surface area contributed by atoms with Gasteiger partial charge in [0.25, 0.3) is 5.91 Å². The molecule has 0 saturated heterocycles. The van der Waals surface area contributed by atoms with Crippen molar-refractivity contribution >= 4 is 23.2 Å². The molecular weight excluding hydrogens is 355 g/mol. The Labute approximate surface area is 153 Å². The van der Waals surface area contributed by atoms with Gasteiger partial charge in [0.2, 0.25) is 0 Å². The molecule has 1 heterocycles. The Bertz CT molecular complexity index is 927. The Kier molecular flexibility index (Phi) is 5.38. The molecule has 2 N–H and O–H groups in total. The Hall–Kier alpha value is -3.06. The maximum Gasteiger partial charge on any atom is 0.305 e. The van der Waals surface area contributed by atoms with Crippen molar-refractivity contribution in [1.29, 1.82) is 0 Å². The highest BCUT2D eigenvalue weighted by atomic mass is 32.1. The summed E-state index contributed by atoms with van der Waals surface area (Å²) in [7, 11) is 0. The van der Waals surface area contributed by atoms with Crippen molar-refractivity contribution in [2.24, 2.45) is 0 Å². The predicted octanol–water partition coefficient (Wildman–Crippen LogP) is 3.90. The minimum atomic E-state index is -1.02. The second-order valence-corrected chi connectivity index (χ2v) is 6.41. The Morgan fingerprint density at radius 1 is 1.12 bits per heavy atom. The van der Waals surface area contributed by atoms with Gasteiger partial charge in [0.05, 0.1) is 12.5 Å². The van der Waals surface area contributed by atoms with Crippen LogP contribution in [0.15, 0.2) is 60.0 Å². The van der Waals surface area contributed by atoms with E-state index in [1.54, 1.807) is 42.5 Å². The number of hydrogen-bond donors (Lipinski definition) is 2. The molecule has 132 valence electrons. The summed E-state index contributed by atoms with van der Waals surface area (Å²) in [6.45, 7) is 0. The third kappa shape index (κ3) is 4.12. The fourth-order valence-corrected chi connectivity index (χ4v) is 3.31. The fraction of sp³-hybridized carbons (Fsp3) is 0.105. The molecule has 1 amide bonds. The van der Waals surface area contributed by atoms with Crippen molar-refractivity contribution in [2.45, 2.75) is 12.5 Å². The van der Waals surface area contributed by atoms with Crippen LogP contribution < -0.4 is 5.32 Å². The van der Waals surface area contributed by atoms with Crippen LogP contribution >= 0.6 is 11.3 Å². The second kappa shape index (κ2) is 7.88. The smallest absolute Gasteiger partial charge is 0.305 e. The first-order valence-electron chi connectivity index (χ1n) is 7.82. The lowest BCUT2D eigenvalue weighted by Gasteiger charge is -2.16. The first kappa shape index (κ1) is 17.8. The van der Waals surface area contributed by atoms with Gasteiger partial charge in [0.1, 0.15) is 16.5 Å². The number of carboxylic acid groups (broad SMARTS) is 1. The molecule has 0 fully saturated rings. The molecule has 0 aliphatic carbocycles. The second-order valence-electron chi connectivity index (χ2n) is 5.55. The number of carbonyl (C=O) groups is 2. The molecule has 0 aliphatic rings. The van der Waals surface area contributed by atoms with Crippen LogP contribution in [0.3, 0.4) is 0 Å². The molecule has 26 heavy (non-hydrogen) atoms. The summed E-state index contributed by atoms with van der Waals surface area (Å²) in [5.74, 6) is -1.94. The topological polar surface area (TPSA) is 79.3 Å². The van der Waals surface area contributed by atoms with E-state index in [1.165, 1.54) is 11.4 Å². The van der Waals surface area contributed by atoms with Crippen molar-refractivity contribution in [1.82, 2.24) is 10.3 Å². The number of amides is 1. The number of carboxylic acids is 1. The molecule has 0 bridgehead atoms. The molecule has 5 nitrogen and oxygen atoms in total. The number of rotatable bonds is 6. The van der Waals surface area contributed by atoms with Gasteiger partial charge in [0, 0.05) is 10.9 Å². The molecule has 3 aromatic rings. The van der Waals surface area contributed by atoms with E-state index in [9.17, 15) is 14.0 Å². The van der Waals surface area contributed by atoms with E-state index < -0.39 is 23.7 Å². The van der Waals surface area contributed by atoms with Crippen LogP contribution in [0.4, 0.5) is 4.39 Å². The predicted molar refractivity (Wildman–Crippen MR) is 96.4 cm³/mol. The molecule has 1 unspecified atom stereocenters. The quantitative estimate of drug-likeness (QED) is 0.690. The van der Waals surface area contributed by atoms with Gasteiger partial charge in [-0.1, -0.05) is 42.5 Å². The third-order valence-electron chi connectivity index (χ3n) is 3.73. The zero-order chi connectivity index (χ0) is 18.5. The van der Waals surface area contributed by atoms with E-state index >= 15 is 0 Å². The summed E-state index contributed by atoms with van der Waals surface area (Å²) in [6, 6.07) is 14.4. The molecule has 7 heteroatoms. The van der Waals surface area contributed by atoms with E-state index in [0.717, 1.165) is 11.3 Å². The third-order valence-corrected chi connectivity index (χ3v) is 4.60. The van der Waals surface area contributed by atoms with E-state index in [1.807, 2.05) is 6.07 Å². The lowest BCUT2D eigenvalue weighted by atomic mass is 10.0. The van der Waals surface area contributed by atoms with Crippen LogP contribution in [0.5, 0.6) is 0 Å². The number of nitrogens with one attached hydrogen (secondary N) is 1. The Morgan fingerprint density at radius 3 is 2.50 bits per heavy atom. The van der Waals surface area contributed by atoms with Gasteiger partial charge in [-0.3, -0.25) is 9.59 Å². The molecule has 0 spiro atoms. The van der Waals surface area contributed by atoms with E-state index in [0.29, 0.717) is 16.1 Å². The minimum Gasteiger partial charge on any atom is -0.481 e. The number of aliphatic carboxylic acids is 1. The SMILES string of the molecule is O=C(O)CC(NC(=O)c1csc(-c2ccccc2F)n1)c1ccccc1. The van der Waals surface area contributed by atoms with Gasteiger partial charge in [0.15, 0.2) is 0 Å². The Morgan fingerprint density at radius 2 is 1.81 bits per heavy atom. The summed E-state index contributed by atoms with van der Waals surface area (Å²) in [6.07, 6.45) is -0.250. The van der Waals surface area contributed by atoms with Crippen LogP contribution in [0.25, 0.3) is 10.6 Å². The molecule has 0 saturated carbocycles. The first-order valence-corrected chi connectivity index (χ1v) is 8.70. The van der Waals surface area contributed by atoms with Crippen LogP contribution in [0, 0.1) is 5.82 Å². The van der Waals surface area contributed by atoms with Gasteiger partial charge in [-0.15, -0.1) is 11.3 Å². The maximum atomic E-state index is 13.9. The summed E-state index contributed by atoms with van der Waals surface area (Å²) in [4.78, 5) is 27.8. The number of benzene rings is 2. The van der Waals surface area contributed by atoms with Gasteiger partial charge in [-0.05, 0) is 17.7 Å². The highest BCUT2D eigenvalue weighted by Gasteiger charge is 2.21.